The van der Waals surface area contributed by atoms with Crippen molar-refractivity contribution < 1.29 is 14.3 Å². The number of carbonyl (C=O) groups excluding carboxylic acids is 2. The van der Waals surface area contributed by atoms with Gasteiger partial charge in [-0.2, -0.15) is 5.26 Å². The molecular formula is C14H16N2O3S. The van der Waals surface area contributed by atoms with Gasteiger partial charge in [-0.1, -0.05) is 0 Å². The molecule has 0 saturated heterocycles. The zero-order valence-electron chi connectivity index (χ0n) is 11.4. The maximum absolute atomic E-state index is 11.8. The Balaban J connectivity index is 1.85. The number of thiophene rings is 1. The quantitative estimate of drug-likeness (QED) is 0.842. The number of esters is 1. The first kappa shape index (κ1) is 14.5. The Morgan fingerprint density at radius 3 is 2.80 bits per heavy atom. The van der Waals surface area contributed by atoms with Gasteiger partial charge in [-0.05, 0) is 49.6 Å². The molecule has 1 saturated carbocycles. The lowest BCUT2D eigenvalue weighted by atomic mass is 9.98. The SMILES string of the molecule is Cc1ccsc1C(=O)OCC(=O)N[C@](C)(C#N)C1CC1. The fourth-order valence-electron chi connectivity index (χ4n) is 1.99. The van der Waals surface area contributed by atoms with Gasteiger partial charge >= 0.3 is 5.97 Å². The highest BCUT2D eigenvalue weighted by Gasteiger charge is 2.43. The van der Waals surface area contributed by atoms with Crippen LogP contribution in [0.3, 0.4) is 0 Å². The van der Waals surface area contributed by atoms with Crippen LogP contribution in [0.15, 0.2) is 11.4 Å². The second kappa shape index (κ2) is 5.63. The molecule has 1 aliphatic rings. The van der Waals surface area contributed by atoms with Gasteiger partial charge in [-0.15, -0.1) is 11.3 Å². The van der Waals surface area contributed by atoms with Crippen LogP contribution in [-0.2, 0) is 9.53 Å². The highest BCUT2D eigenvalue weighted by Crippen LogP contribution is 2.39. The molecule has 106 valence electrons. The maximum Gasteiger partial charge on any atom is 0.349 e. The van der Waals surface area contributed by atoms with E-state index < -0.39 is 17.4 Å². The fraction of sp³-hybridized carbons (Fsp3) is 0.500. The molecule has 0 aromatic carbocycles. The molecule has 1 atom stereocenters. The summed E-state index contributed by atoms with van der Waals surface area (Å²) >= 11 is 1.28. The summed E-state index contributed by atoms with van der Waals surface area (Å²) in [5.41, 5.74) is -0.0252. The van der Waals surface area contributed by atoms with Crippen molar-refractivity contribution in [2.75, 3.05) is 6.61 Å². The Hall–Kier alpha value is -1.87. The number of nitrogens with one attached hydrogen (secondary N) is 1. The summed E-state index contributed by atoms with van der Waals surface area (Å²) in [5.74, 6) is -0.743. The smallest absolute Gasteiger partial charge is 0.349 e. The van der Waals surface area contributed by atoms with Gasteiger partial charge in [0.1, 0.15) is 10.4 Å². The van der Waals surface area contributed by atoms with E-state index in [1.165, 1.54) is 11.3 Å². The Morgan fingerprint density at radius 2 is 2.30 bits per heavy atom. The van der Waals surface area contributed by atoms with Crippen LogP contribution in [0.25, 0.3) is 0 Å². The molecule has 1 aliphatic carbocycles. The third-order valence-corrected chi connectivity index (χ3v) is 4.40. The molecule has 2 rings (SSSR count). The molecule has 0 aliphatic heterocycles. The molecule has 0 bridgehead atoms. The number of aryl methyl sites for hydroxylation is 1. The van der Waals surface area contributed by atoms with E-state index in [1.807, 2.05) is 13.0 Å². The molecule has 0 spiro atoms. The number of hydrogen-bond acceptors (Lipinski definition) is 5. The van der Waals surface area contributed by atoms with Crippen molar-refractivity contribution in [3.8, 4) is 6.07 Å². The molecule has 1 N–H and O–H groups in total. The molecule has 1 aromatic rings. The minimum absolute atomic E-state index is 0.201. The van der Waals surface area contributed by atoms with Crippen molar-refractivity contribution >= 4 is 23.2 Å². The third kappa shape index (κ3) is 3.17. The van der Waals surface area contributed by atoms with E-state index in [0.29, 0.717) is 4.88 Å². The molecular weight excluding hydrogens is 276 g/mol. The highest BCUT2D eigenvalue weighted by molar-refractivity contribution is 7.12. The van der Waals surface area contributed by atoms with E-state index in [2.05, 4.69) is 11.4 Å². The van der Waals surface area contributed by atoms with Crippen LogP contribution >= 0.6 is 11.3 Å². The van der Waals surface area contributed by atoms with Gasteiger partial charge in [-0.25, -0.2) is 4.79 Å². The van der Waals surface area contributed by atoms with Crippen LogP contribution in [0.5, 0.6) is 0 Å². The first-order valence-electron chi connectivity index (χ1n) is 6.40. The van der Waals surface area contributed by atoms with Crippen LogP contribution in [0.4, 0.5) is 0 Å². The zero-order valence-corrected chi connectivity index (χ0v) is 12.3. The van der Waals surface area contributed by atoms with E-state index in [1.54, 1.807) is 12.3 Å². The Bertz CT molecular complexity index is 571. The summed E-state index contributed by atoms with van der Waals surface area (Å²) in [7, 11) is 0. The van der Waals surface area contributed by atoms with Gasteiger partial charge in [-0.3, -0.25) is 4.79 Å². The average Bonchev–Trinajstić information content (AvgIpc) is 3.19. The van der Waals surface area contributed by atoms with Gasteiger partial charge in [0.05, 0.1) is 6.07 Å². The average molecular weight is 292 g/mol. The lowest BCUT2D eigenvalue weighted by Crippen LogP contribution is -2.48. The molecule has 20 heavy (non-hydrogen) atoms. The largest absolute Gasteiger partial charge is 0.451 e. The predicted molar refractivity (Wildman–Crippen MR) is 74.2 cm³/mol. The summed E-state index contributed by atoms with van der Waals surface area (Å²) in [6, 6.07) is 3.95. The second-order valence-electron chi connectivity index (χ2n) is 5.15. The van der Waals surface area contributed by atoms with Crippen molar-refractivity contribution in [2.24, 2.45) is 5.92 Å². The minimum Gasteiger partial charge on any atom is -0.451 e. The van der Waals surface area contributed by atoms with Crippen LogP contribution in [-0.4, -0.2) is 24.0 Å². The number of nitrogens with zero attached hydrogens (tertiary/aromatic N) is 1. The van der Waals surface area contributed by atoms with Crippen molar-refractivity contribution in [3.63, 3.8) is 0 Å². The number of carbonyl (C=O) groups is 2. The minimum atomic E-state index is -0.859. The van der Waals surface area contributed by atoms with Crippen molar-refractivity contribution in [1.29, 1.82) is 5.26 Å². The van der Waals surface area contributed by atoms with Crippen molar-refractivity contribution in [3.05, 3.63) is 21.9 Å². The van der Waals surface area contributed by atoms with Crippen LogP contribution in [0, 0.1) is 24.2 Å². The van der Waals surface area contributed by atoms with Crippen molar-refractivity contribution in [1.82, 2.24) is 5.32 Å². The van der Waals surface area contributed by atoms with E-state index in [4.69, 9.17) is 10.00 Å². The van der Waals surface area contributed by atoms with Crippen LogP contribution < -0.4 is 5.32 Å². The van der Waals surface area contributed by atoms with Crippen molar-refractivity contribution in [2.45, 2.75) is 32.2 Å². The van der Waals surface area contributed by atoms with Crippen LogP contribution in [0.1, 0.15) is 35.0 Å². The third-order valence-electron chi connectivity index (χ3n) is 3.41. The molecule has 1 fully saturated rings. The van der Waals surface area contributed by atoms with E-state index >= 15 is 0 Å². The summed E-state index contributed by atoms with van der Waals surface area (Å²) in [5, 5.41) is 13.6. The van der Waals surface area contributed by atoms with E-state index in [-0.39, 0.29) is 12.5 Å². The molecule has 6 heteroatoms. The summed E-state index contributed by atoms with van der Waals surface area (Å²) in [6.45, 7) is 3.15. The normalized spacial score (nSPS) is 16.9. The summed E-state index contributed by atoms with van der Waals surface area (Å²) < 4.78 is 4.97. The molecule has 1 aromatic heterocycles. The summed E-state index contributed by atoms with van der Waals surface area (Å²) in [6.07, 6.45) is 1.89. The molecule has 1 amide bonds. The molecule has 5 nitrogen and oxygen atoms in total. The number of rotatable bonds is 5. The Kier molecular flexibility index (Phi) is 4.09. The highest BCUT2D eigenvalue weighted by atomic mass is 32.1. The Morgan fingerprint density at radius 1 is 1.60 bits per heavy atom. The molecule has 0 unspecified atom stereocenters. The summed E-state index contributed by atoms with van der Waals surface area (Å²) in [4.78, 5) is 24.0. The monoisotopic (exact) mass is 292 g/mol. The lowest BCUT2D eigenvalue weighted by Gasteiger charge is -2.22. The number of hydrogen-bond donors (Lipinski definition) is 1. The first-order valence-corrected chi connectivity index (χ1v) is 7.27. The molecule has 1 heterocycles. The van der Waals surface area contributed by atoms with Gasteiger partial charge in [0.25, 0.3) is 5.91 Å². The zero-order chi connectivity index (χ0) is 14.8. The fourth-order valence-corrected chi connectivity index (χ4v) is 2.80. The number of ether oxygens (including phenoxy) is 1. The first-order chi connectivity index (χ1) is 9.46. The van der Waals surface area contributed by atoms with Gasteiger partial charge in [0, 0.05) is 0 Å². The van der Waals surface area contributed by atoms with Gasteiger partial charge in [0.2, 0.25) is 0 Å². The number of nitriles is 1. The van der Waals surface area contributed by atoms with Gasteiger partial charge < -0.3 is 10.1 Å². The van der Waals surface area contributed by atoms with E-state index in [9.17, 15) is 9.59 Å². The molecule has 0 radical (unpaired) electrons. The second-order valence-corrected chi connectivity index (χ2v) is 6.06. The lowest BCUT2D eigenvalue weighted by molar-refractivity contribution is -0.125. The maximum atomic E-state index is 11.8. The predicted octanol–water partition coefficient (Wildman–Crippen LogP) is 2.02. The van der Waals surface area contributed by atoms with E-state index in [0.717, 1.165) is 18.4 Å². The topological polar surface area (TPSA) is 79.2 Å². The standard InChI is InChI=1S/C14H16N2O3S/c1-9-5-6-20-12(9)13(18)19-7-11(17)16-14(2,8-15)10-3-4-10/h5-6,10H,3-4,7H2,1-2H3,(H,16,17)/t14-/m1/s1. The Labute approximate surface area is 121 Å². The van der Waals surface area contributed by atoms with Gasteiger partial charge in [0.15, 0.2) is 6.61 Å². The van der Waals surface area contributed by atoms with Crippen LogP contribution in [0.2, 0.25) is 0 Å². The number of amides is 1.